The Labute approximate surface area is 130 Å². The molecule has 0 bridgehead atoms. The Kier molecular flexibility index (Phi) is 5.93. The quantitative estimate of drug-likeness (QED) is 0.657. The first-order valence-corrected chi connectivity index (χ1v) is 7.05. The van der Waals surface area contributed by atoms with Gasteiger partial charge in [-0.25, -0.2) is 5.43 Å². The first-order chi connectivity index (χ1) is 10.8. The third-order valence-corrected chi connectivity index (χ3v) is 3.02. The number of nitrogens with zero attached hydrogens (tertiary/aromatic N) is 2. The van der Waals surface area contributed by atoms with Crippen molar-refractivity contribution in [2.75, 3.05) is 18.5 Å². The number of hydrazone groups is 1. The molecule has 2 rings (SSSR count). The van der Waals surface area contributed by atoms with E-state index >= 15 is 0 Å². The molecule has 112 valence electrons. The molecule has 0 aromatic heterocycles. The number of rotatable bonds is 6. The van der Waals surface area contributed by atoms with Crippen molar-refractivity contribution in [1.82, 2.24) is 5.43 Å². The number of hydrogen-bond donors (Lipinski definition) is 1. The van der Waals surface area contributed by atoms with Crippen LogP contribution in [0.2, 0.25) is 0 Å². The number of anilines is 1. The standard InChI is InChI=1S/C18H19N3O/c1-21(17-12-6-3-7-13-17)15-18(22)20-19-14-8-11-16-9-4-2-5-10-16/h2-14H,15H2,1H3,(H,20,22). The highest BCUT2D eigenvalue weighted by Gasteiger charge is 2.05. The van der Waals surface area contributed by atoms with Crippen molar-refractivity contribution in [3.8, 4) is 0 Å². The smallest absolute Gasteiger partial charge is 0.259 e. The van der Waals surface area contributed by atoms with Gasteiger partial charge in [0.15, 0.2) is 0 Å². The number of likely N-dealkylation sites (N-methyl/N-ethyl adjacent to an activating group) is 1. The average molecular weight is 293 g/mol. The van der Waals surface area contributed by atoms with Crippen LogP contribution in [0.4, 0.5) is 5.69 Å². The zero-order valence-electron chi connectivity index (χ0n) is 12.5. The van der Waals surface area contributed by atoms with Crippen LogP contribution in [0.5, 0.6) is 0 Å². The molecule has 22 heavy (non-hydrogen) atoms. The number of allylic oxidation sites excluding steroid dienone is 1. The van der Waals surface area contributed by atoms with Gasteiger partial charge in [0.2, 0.25) is 0 Å². The SMILES string of the molecule is CN(CC(=O)NN=CC=Cc1ccccc1)c1ccccc1. The van der Waals surface area contributed by atoms with Crippen LogP contribution in [0.25, 0.3) is 6.08 Å². The predicted octanol–water partition coefficient (Wildman–Crippen LogP) is 2.94. The molecule has 0 spiro atoms. The fraction of sp³-hybridized carbons (Fsp3) is 0.111. The molecule has 0 saturated carbocycles. The summed E-state index contributed by atoms with van der Waals surface area (Å²) in [5.74, 6) is -0.157. The lowest BCUT2D eigenvalue weighted by Crippen LogP contribution is -2.32. The molecule has 1 amide bonds. The number of nitrogens with one attached hydrogen (secondary N) is 1. The molecule has 0 fully saturated rings. The maximum atomic E-state index is 11.8. The molecule has 2 aromatic rings. The Bertz CT molecular complexity index is 636. The summed E-state index contributed by atoms with van der Waals surface area (Å²) >= 11 is 0. The number of hydrogen-bond acceptors (Lipinski definition) is 3. The van der Waals surface area contributed by atoms with Crippen molar-refractivity contribution in [3.05, 3.63) is 72.3 Å². The van der Waals surface area contributed by atoms with Crippen LogP contribution in [-0.2, 0) is 4.79 Å². The van der Waals surface area contributed by atoms with Crippen LogP contribution in [-0.4, -0.2) is 25.7 Å². The summed E-state index contributed by atoms with van der Waals surface area (Å²) in [6.45, 7) is 0.254. The lowest BCUT2D eigenvalue weighted by atomic mass is 10.2. The van der Waals surface area contributed by atoms with Gasteiger partial charge in [-0.3, -0.25) is 4.79 Å². The molecule has 0 unspecified atom stereocenters. The van der Waals surface area contributed by atoms with Gasteiger partial charge in [-0.05, 0) is 23.8 Å². The Morgan fingerprint density at radius 2 is 1.73 bits per heavy atom. The van der Waals surface area contributed by atoms with Gasteiger partial charge in [-0.15, -0.1) is 0 Å². The summed E-state index contributed by atoms with van der Waals surface area (Å²) in [5.41, 5.74) is 4.59. The van der Waals surface area contributed by atoms with Crippen LogP contribution in [0.15, 0.2) is 71.8 Å². The molecular formula is C18H19N3O. The molecule has 0 radical (unpaired) electrons. The van der Waals surface area contributed by atoms with Crippen molar-refractivity contribution in [1.29, 1.82) is 0 Å². The Morgan fingerprint density at radius 3 is 2.41 bits per heavy atom. The molecule has 2 aromatic carbocycles. The van der Waals surface area contributed by atoms with Crippen LogP contribution < -0.4 is 10.3 Å². The van der Waals surface area contributed by atoms with E-state index in [-0.39, 0.29) is 12.5 Å². The van der Waals surface area contributed by atoms with Gasteiger partial charge in [0.05, 0.1) is 6.54 Å². The molecule has 0 aliphatic rings. The van der Waals surface area contributed by atoms with E-state index in [4.69, 9.17) is 0 Å². The van der Waals surface area contributed by atoms with Gasteiger partial charge < -0.3 is 4.90 Å². The summed E-state index contributed by atoms with van der Waals surface area (Å²) in [6, 6.07) is 19.6. The van der Waals surface area contributed by atoms with Gasteiger partial charge in [0.25, 0.3) is 5.91 Å². The highest BCUT2D eigenvalue weighted by molar-refractivity contribution is 5.83. The third-order valence-electron chi connectivity index (χ3n) is 3.02. The monoisotopic (exact) mass is 293 g/mol. The second-order valence-corrected chi connectivity index (χ2v) is 4.77. The van der Waals surface area contributed by atoms with Crippen LogP contribution >= 0.6 is 0 Å². The van der Waals surface area contributed by atoms with E-state index in [1.165, 1.54) is 0 Å². The summed E-state index contributed by atoms with van der Waals surface area (Å²) in [5, 5.41) is 3.90. The van der Waals surface area contributed by atoms with Gasteiger partial charge in [-0.2, -0.15) is 5.10 Å². The maximum absolute atomic E-state index is 11.8. The van der Waals surface area contributed by atoms with Gasteiger partial charge >= 0.3 is 0 Å². The van der Waals surface area contributed by atoms with E-state index in [1.54, 1.807) is 12.3 Å². The van der Waals surface area contributed by atoms with Crippen molar-refractivity contribution in [2.24, 2.45) is 5.10 Å². The molecule has 0 heterocycles. The first kappa shape index (κ1) is 15.5. The van der Waals surface area contributed by atoms with Gasteiger partial charge in [-0.1, -0.05) is 54.6 Å². The highest BCUT2D eigenvalue weighted by atomic mass is 16.2. The minimum absolute atomic E-state index is 0.157. The van der Waals surface area contributed by atoms with E-state index in [9.17, 15) is 4.79 Å². The predicted molar refractivity (Wildman–Crippen MR) is 91.8 cm³/mol. The van der Waals surface area contributed by atoms with E-state index < -0.39 is 0 Å². The molecule has 0 saturated heterocycles. The fourth-order valence-corrected chi connectivity index (χ4v) is 1.90. The van der Waals surface area contributed by atoms with E-state index in [0.29, 0.717) is 0 Å². The van der Waals surface area contributed by atoms with E-state index in [0.717, 1.165) is 11.3 Å². The van der Waals surface area contributed by atoms with E-state index in [2.05, 4.69) is 10.5 Å². The van der Waals surface area contributed by atoms with Crippen molar-refractivity contribution < 1.29 is 4.79 Å². The van der Waals surface area contributed by atoms with Crippen molar-refractivity contribution >= 4 is 23.9 Å². The topological polar surface area (TPSA) is 44.7 Å². The number of benzene rings is 2. The van der Waals surface area contributed by atoms with Crippen molar-refractivity contribution in [3.63, 3.8) is 0 Å². The van der Waals surface area contributed by atoms with Crippen molar-refractivity contribution in [2.45, 2.75) is 0 Å². The van der Waals surface area contributed by atoms with E-state index in [1.807, 2.05) is 78.7 Å². The second kappa shape index (κ2) is 8.42. The molecule has 0 aliphatic heterocycles. The maximum Gasteiger partial charge on any atom is 0.259 e. The minimum atomic E-state index is -0.157. The van der Waals surface area contributed by atoms with Gasteiger partial charge in [0.1, 0.15) is 0 Å². The van der Waals surface area contributed by atoms with Gasteiger partial charge in [0, 0.05) is 18.9 Å². The number of para-hydroxylation sites is 1. The normalized spacial score (nSPS) is 11.0. The average Bonchev–Trinajstić information content (AvgIpc) is 2.56. The fourth-order valence-electron chi connectivity index (χ4n) is 1.90. The Balaban J connectivity index is 1.76. The molecule has 4 heteroatoms. The lowest BCUT2D eigenvalue weighted by Gasteiger charge is -2.17. The largest absolute Gasteiger partial charge is 0.365 e. The summed E-state index contributed by atoms with van der Waals surface area (Å²) < 4.78 is 0. The first-order valence-electron chi connectivity index (χ1n) is 7.05. The third kappa shape index (κ3) is 5.25. The second-order valence-electron chi connectivity index (χ2n) is 4.77. The lowest BCUT2D eigenvalue weighted by molar-refractivity contribution is -0.119. The molecule has 0 aliphatic carbocycles. The Morgan fingerprint density at radius 1 is 1.09 bits per heavy atom. The molecule has 0 atom stereocenters. The zero-order chi connectivity index (χ0) is 15.6. The number of carbonyl (C=O) groups excluding carboxylic acids is 1. The summed E-state index contributed by atoms with van der Waals surface area (Å²) in [7, 11) is 1.87. The summed E-state index contributed by atoms with van der Waals surface area (Å²) in [6.07, 6.45) is 5.27. The van der Waals surface area contributed by atoms with Crippen LogP contribution in [0.3, 0.4) is 0 Å². The molecule has 1 N–H and O–H groups in total. The molecule has 4 nitrogen and oxygen atoms in total. The highest BCUT2D eigenvalue weighted by Crippen LogP contribution is 2.09. The molecular weight excluding hydrogens is 274 g/mol. The van der Waals surface area contributed by atoms with Crippen LogP contribution in [0.1, 0.15) is 5.56 Å². The van der Waals surface area contributed by atoms with Crippen LogP contribution in [0, 0.1) is 0 Å². The number of amides is 1. The summed E-state index contributed by atoms with van der Waals surface area (Å²) in [4.78, 5) is 13.6. The zero-order valence-corrected chi connectivity index (χ0v) is 12.5. The minimum Gasteiger partial charge on any atom is -0.365 e. The Hall–Kier alpha value is -2.88. The number of carbonyl (C=O) groups is 1.